The number of H-pyrrole nitrogens is 1. The first-order chi connectivity index (χ1) is 8.56. The quantitative estimate of drug-likeness (QED) is 0.900. The molecule has 0 saturated carbocycles. The summed E-state index contributed by atoms with van der Waals surface area (Å²) < 4.78 is 0. The van der Waals surface area contributed by atoms with Gasteiger partial charge in [0.15, 0.2) is 0 Å². The smallest absolute Gasteiger partial charge is 0.286 e. The molecule has 0 fully saturated rings. The van der Waals surface area contributed by atoms with Crippen LogP contribution in [0.25, 0.3) is 0 Å². The second-order valence-electron chi connectivity index (χ2n) is 3.57. The molecule has 2 rings (SSSR count). The number of carbonyl (C=O) groups is 1. The van der Waals surface area contributed by atoms with Gasteiger partial charge in [0.05, 0.1) is 10.0 Å². The molecule has 0 unspecified atom stereocenters. The zero-order valence-corrected chi connectivity index (χ0v) is 10.7. The average Bonchev–Trinajstić information content (AvgIpc) is 2.79. The van der Waals surface area contributed by atoms with Crippen molar-refractivity contribution in [1.29, 1.82) is 0 Å². The first-order valence-electron chi connectivity index (χ1n) is 5.06. The van der Waals surface area contributed by atoms with Crippen LogP contribution in [0.4, 0.5) is 0 Å². The topological polar surface area (TPSA) is 84.7 Å². The predicted octanol–water partition coefficient (Wildman–Crippen LogP) is 2.01. The Morgan fingerprint density at radius 2 is 2.11 bits per heavy atom. The summed E-state index contributed by atoms with van der Waals surface area (Å²) in [7, 11) is 0. The van der Waals surface area contributed by atoms with Gasteiger partial charge in [-0.3, -0.25) is 4.79 Å². The minimum absolute atomic E-state index is 0.0486. The van der Waals surface area contributed by atoms with E-state index >= 15 is 0 Å². The van der Waals surface area contributed by atoms with Crippen LogP contribution in [0.3, 0.4) is 0 Å². The Labute approximate surface area is 113 Å². The van der Waals surface area contributed by atoms with Gasteiger partial charge in [0.1, 0.15) is 5.82 Å². The van der Waals surface area contributed by atoms with E-state index in [0.717, 1.165) is 5.56 Å². The normalized spacial score (nSPS) is 10.6. The lowest BCUT2D eigenvalue weighted by molar-refractivity contribution is 0.0991. The Morgan fingerprint density at radius 3 is 2.72 bits per heavy atom. The van der Waals surface area contributed by atoms with E-state index in [1.165, 1.54) is 0 Å². The van der Waals surface area contributed by atoms with Crippen molar-refractivity contribution in [3.63, 3.8) is 0 Å². The fourth-order valence-corrected chi connectivity index (χ4v) is 1.66. The molecule has 18 heavy (non-hydrogen) atoms. The Hall–Kier alpha value is -1.59. The fraction of sp³-hybridized carbons (Fsp3) is 0.0909. The lowest BCUT2D eigenvalue weighted by Crippen LogP contribution is -2.12. The number of aromatic amines is 1. The van der Waals surface area contributed by atoms with Crippen molar-refractivity contribution in [1.82, 2.24) is 15.2 Å². The maximum Gasteiger partial charge on any atom is 0.286 e. The number of primary amides is 1. The van der Waals surface area contributed by atoms with E-state index in [2.05, 4.69) is 15.2 Å². The van der Waals surface area contributed by atoms with Crippen molar-refractivity contribution < 1.29 is 4.79 Å². The van der Waals surface area contributed by atoms with Crippen molar-refractivity contribution >= 4 is 29.1 Å². The molecule has 2 aromatic rings. The number of halogens is 2. The van der Waals surface area contributed by atoms with Crippen molar-refractivity contribution in [2.45, 2.75) is 6.42 Å². The van der Waals surface area contributed by atoms with Gasteiger partial charge in [0.2, 0.25) is 5.82 Å². The highest BCUT2D eigenvalue weighted by Crippen LogP contribution is 2.23. The molecule has 0 bridgehead atoms. The minimum Gasteiger partial charge on any atom is -0.363 e. The molecule has 0 saturated heterocycles. The predicted molar refractivity (Wildman–Crippen MR) is 68.5 cm³/mol. The van der Waals surface area contributed by atoms with Crippen LogP contribution in [-0.4, -0.2) is 21.1 Å². The van der Waals surface area contributed by atoms with E-state index < -0.39 is 5.91 Å². The van der Waals surface area contributed by atoms with Gasteiger partial charge in [-0.1, -0.05) is 29.3 Å². The molecule has 0 aliphatic carbocycles. The van der Waals surface area contributed by atoms with Crippen molar-refractivity contribution in [3.8, 4) is 0 Å². The number of hydrogen-bond donors (Lipinski definition) is 2. The largest absolute Gasteiger partial charge is 0.363 e. The van der Waals surface area contributed by atoms with Crippen LogP contribution in [0.1, 0.15) is 22.0 Å². The molecular weight excluding hydrogens is 275 g/mol. The molecule has 1 radical (unpaired) electrons. The molecule has 1 aromatic carbocycles. The van der Waals surface area contributed by atoms with E-state index in [0.29, 0.717) is 22.3 Å². The molecular formula is C11H9Cl2N4O. The number of carbonyl (C=O) groups excluding carboxylic acids is 1. The van der Waals surface area contributed by atoms with E-state index in [9.17, 15) is 4.79 Å². The maximum atomic E-state index is 10.8. The van der Waals surface area contributed by atoms with E-state index in [4.69, 9.17) is 28.9 Å². The van der Waals surface area contributed by atoms with Gasteiger partial charge in [-0.2, -0.15) is 0 Å². The second-order valence-corrected chi connectivity index (χ2v) is 4.38. The second kappa shape index (κ2) is 5.37. The third-order valence-corrected chi connectivity index (χ3v) is 2.98. The highest BCUT2D eigenvalue weighted by atomic mass is 35.5. The van der Waals surface area contributed by atoms with Crippen LogP contribution in [0.15, 0.2) is 18.2 Å². The highest BCUT2D eigenvalue weighted by molar-refractivity contribution is 6.42. The number of nitrogens with one attached hydrogen (secondary N) is 1. The van der Waals surface area contributed by atoms with Gasteiger partial charge < -0.3 is 10.7 Å². The van der Waals surface area contributed by atoms with Crippen LogP contribution >= 0.6 is 23.2 Å². The number of nitrogens with two attached hydrogens (primary N) is 1. The van der Waals surface area contributed by atoms with Gasteiger partial charge in [-0.15, -0.1) is 10.2 Å². The Kier molecular flexibility index (Phi) is 3.84. The summed E-state index contributed by atoms with van der Waals surface area (Å²) in [6.45, 7) is 0. The van der Waals surface area contributed by atoms with Gasteiger partial charge in [-0.05, 0) is 24.1 Å². The van der Waals surface area contributed by atoms with Crippen molar-refractivity contribution in [2.75, 3.05) is 0 Å². The van der Waals surface area contributed by atoms with Crippen LogP contribution in [0.2, 0.25) is 10.0 Å². The molecule has 0 aliphatic rings. The Bertz CT molecular complexity index is 582. The molecule has 0 spiro atoms. The van der Waals surface area contributed by atoms with E-state index in [1.807, 2.05) is 12.5 Å². The van der Waals surface area contributed by atoms with Gasteiger partial charge in [0.25, 0.3) is 5.91 Å². The van der Waals surface area contributed by atoms with Crippen molar-refractivity contribution in [3.05, 3.63) is 51.9 Å². The summed E-state index contributed by atoms with van der Waals surface area (Å²) in [5.74, 6) is -0.0364. The minimum atomic E-state index is -0.636. The average molecular weight is 284 g/mol. The van der Waals surface area contributed by atoms with Crippen LogP contribution in [-0.2, 0) is 6.42 Å². The molecule has 93 valence electrons. The first kappa shape index (κ1) is 12.9. The summed E-state index contributed by atoms with van der Waals surface area (Å²) in [5, 5.41) is 8.40. The molecule has 0 aliphatic heterocycles. The summed E-state index contributed by atoms with van der Waals surface area (Å²) in [4.78, 5) is 13.5. The fourth-order valence-electron chi connectivity index (χ4n) is 1.35. The molecule has 0 atom stereocenters. The van der Waals surface area contributed by atoms with Crippen LogP contribution in [0.5, 0.6) is 0 Å². The van der Waals surface area contributed by atoms with Crippen LogP contribution in [0, 0.1) is 6.42 Å². The number of rotatable bonds is 4. The summed E-state index contributed by atoms with van der Waals surface area (Å²) in [6, 6.07) is 5.29. The SMILES string of the molecule is NC(=O)c1nnc(C[CH]c2ccc(Cl)c(Cl)c2)[nH]1. The third-order valence-electron chi connectivity index (χ3n) is 2.24. The molecule has 1 heterocycles. The highest BCUT2D eigenvalue weighted by Gasteiger charge is 2.08. The first-order valence-corrected chi connectivity index (χ1v) is 5.81. The van der Waals surface area contributed by atoms with E-state index in [1.54, 1.807) is 12.1 Å². The summed E-state index contributed by atoms with van der Waals surface area (Å²) in [6.07, 6.45) is 2.37. The number of amides is 1. The van der Waals surface area contributed by atoms with Gasteiger partial charge in [-0.25, -0.2) is 0 Å². The zero-order chi connectivity index (χ0) is 13.1. The molecule has 5 nitrogen and oxygen atoms in total. The molecule has 1 aromatic heterocycles. The van der Waals surface area contributed by atoms with E-state index in [-0.39, 0.29) is 5.82 Å². The lowest BCUT2D eigenvalue weighted by atomic mass is 10.1. The molecule has 1 amide bonds. The van der Waals surface area contributed by atoms with Gasteiger partial charge in [0, 0.05) is 6.42 Å². The monoisotopic (exact) mass is 283 g/mol. The standard InChI is InChI=1S/C11H9Cl2N4O/c12-7-3-1-6(5-8(7)13)2-4-9-15-11(10(14)18)17-16-9/h1-3,5H,4H2,(H2,14,18)(H,15,16,17). The number of nitrogens with zero attached hydrogens (tertiary/aromatic N) is 2. The van der Waals surface area contributed by atoms with Gasteiger partial charge >= 0.3 is 0 Å². The zero-order valence-electron chi connectivity index (χ0n) is 9.15. The van der Waals surface area contributed by atoms with Crippen LogP contribution < -0.4 is 5.73 Å². The Balaban J connectivity index is 2.02. The third kappa shape index (κ3) is 3.00. The van der Waals surface area contributed by atoms with Crippen molar-refractivity contribution in [2.24, 2.45) is 5.73 Å². The number of benzene rings is 1. The lowest BCUT2D eigenvalue weighted by Gasteiger charge is -2.01. The molecule has 3 N–H and O–H groups in total. The number of aromatic nitrogens is 3. The maximum absolute atomic E-state index is 10.8. The molecule has 7 heteroatoms. The Morgan fingerprint density at radius 1 is 1.33 bits per heavy atom. The number of hydrogen-bond acceptors (Lipinski definition) is 3. The summed E-state index contributed by atoms with van der Waals surface area (Å²) >= 11 is 11.7. The summed E-state index contributed by atoms with van der Waals surface area (Å²) in [5.41, 5.74) is 5.96.